The molecule has 5 rings (SSSR count). The molecule has 0 heterocycles. The Morgan fingerprint density at radius 1 is 1.04 bits per heavy atom. The van der Waals surface area contributed by atoms with Crippen molar-refractivity contribution in [3.05, 3.63) is 24.3 Å². The summed E-state index contributed by atoms with van der Waals surface area (Å²) in [6.45, 7) is 2.07. The highest BCUT2D eigenvalue weighted by molar-refractivity contribution is 7.89. The van der Waals surface area contributed by atoms with Gasteiger partial charge in [-0.1, -0.05) is 0 Å². The number of sulfonamides is 1. The number of rotatable bonds is 4. The normalized spacial score (nSPS) is 37.0. The first-order valence-electron chi connectivity index (χ1n) is 8.74. The molecule has 4 nitrogen and oxygen atoms in total. The maximum Gasteiger partial charge on any atom is 0.240 e. The van der Waals surface area contributed by atoms with Crippen LogP contribution in [0.1, 0.15) is 45.4 Å². The van der Waals surface area contributed by atoms with E-state index in [0.717, 1.165) is 17.8 Å². The van der Waals surface area contributed by atoms with Crippen LogP contribution in [0.25, 0.3) is 0 Å². The van der Waals surface area contributed by atoms with Crippen LogP contribution in [-0.2, 0) is 10.0 Å². The van der Waals surface area contributed by atoms with Gasteiger partial charge >= 0.3 is 0 Å². The first-order chi connectivity index (χ1) is 10.9. The Morgan fingerprint density at radius 2 is 1.52 bits per heavy atom. The summed E-state index contributed by atoms with van der Waals surface area (Å²) in [7, 11) is -3.48. The van der Waals surface area contributed by atoms with Crippen LogP contribution >= 0.6 is 0 Å². The van der Waals surface area contributed by atoms with E-state index in [9.17, 15) is 8.42 Å². The van der Waals surface area contributed by atoms with Crippen molar-refractivity contribution in [2.45, 2.75) is 56.4 Å². The summed E-state index contributed by atoms with van der Waals surface area (Å²) in [6.07, 6.45) is 7.71. The molecule has 4 aliphatic rings. The van der Waals surface area contributed by atoms with E-state index in [2.05, 4.69) is 11.6 Å². The summed E-state index contributed by atoms with van der Waals surface area (Å²) in [5.74, 6) is 2.47. The highest BCUT2D eigenvalue weighted by Crippen LogP contribution is 2.61. The van der Waals surface area contributed by atoms with Crippen molar-refractivity contribution in [3.63, 3.8) is 0 Å². The molecule has 3 N–H and O–H groups in total. The lowest BCUT2D eigenvalue weighted by Crippen LogP contribution is -2.55. The third-order valence-electron chi connectivity index (χ3n) is 6.53. The van der Waals surface area contributed by atoms with Gasteiger partial charge in [-0.3, -0.25) is 0 Å². The van der Waals surface area contributed by atoms with Gasteiger partial charge < -0.3 is 5.73 Å². The van der Waals surface area contributed by atoms with Gasteiger partial charge in [-0.05, 0) is 92.9 Å². The number of nitrogen functional groups attached to an aromatic ring is 1. The maximum absolute atomic E-state index is 12.7. The number of hydrogen-bond acceptors (Lipinski definition) is 3. The van der Waals surface area contributed by atoms with Gasteiger partial charge in [-0.25, -0.2) is 13.1 Å². The third-order valence-corrected chi connectivity index (χ3v) is 8.08. The molecule has 1 aromatic rings. The zero-order valence-corrected chi connectivity index (χ0v) is 14.5. The highest BCUT2D eigenvalue weighted by Gasteiger charge is 2.53. The Morgan fingerprint density at radius 3 is 2.00 bits per heavy atom. The van der Waals surface area contributed by atoms with E-state index >= 15 is 0 Å². The van der Waals surface area contributed by atoms with E-state index in [0.29, 0.717) is 10.6 Å². The molecule has 1 aromatic carbocycles. The summed E-state index contributed by atoms with van der Waals surface area (Å²) >= 11 is 0. The fourth-order valence-electron chi connectivity index (χ4n) is 5.78. The number of nitrogens with two attached hydrogens (primary N) is 1. The molecule has 5 heteroatoms. The lowest BCUT2D eigenvalue weighted by atomic mass is 9.48. The van der Waals surface area contributed by atoms with Crippen LogP contribution in [0.4, 0.5) is 5.69 Å². The zero-order chi connectivity index (χ0) is 16.2. The van der Waals surface area contributed by atoms with Gasteiger partial charge in [0.05, 0.1) is 4.90 Å². The highest BCUT2D eigenvalue weighted by atomic mass is 32.2. The summed E-state index contributed by atoms with van der Waals surface area (Å²) < 4.78 is 28.4. The molecule has 0 aromatic heterocycles. The van der Waals surface area contributed by atoms with E-state index in [1.165, 1.54) is 38.5 Å². The van der Waals surface area contributed by atoms with Crippen LogP contribution in [0.5, 0.6) is 0 Å². The molecule has 4 aliphatic carbocycles. The number of nitrogens with one attached hydrogen (secondary N) is 1. The Hall–Kier alpha value is -1.07. The van der Waals surface area contributed by atoms with Crippen molar-refractivity contribution in [1.29, 1.82) is 0 Å². The largest absolute Gasteiger partial charge is 0.399 e. The Labute approximate surface area is 138 Å². The average Bonchev–Trinajstić information content (AvgIpc) is 2.45. The average molecular weight is 334 g/mol. The fourth-order valence-corrected chi connectivity index (χ4v) is 7.13. The molecule has 0 spiro atoms. The molecule has 1 unspecified atom stereocenters. The number of hydrogen-bond donors (Lipinski definition) is 2. The molecule has 1 atom stereocenters. The summed E-state index contributed by atoms with van der Waals surface area (Å²) in [5.41, 5.74) is 6.42. The molecule has 0 amide bonds. The molecular formula is C18H26N2O2S. The van der Waals surface area contributed by atoms with Crippen LogP contribution in [0.3, 0.4) is 0 Å². The second kappa shape index (κ2) is 5.21. The predicted molar refractivity (Wildman–Crippen MR) is 91.2 cm³/mol. The SMILES string of the molecule is CC(NS(=O)(=O)c1ccc(N)cc1)C12CC3CC(CC(C3)C1)C2. The van der Waals surface area contributed by atoms with E-state index in [4.69, 9.17) is 5.73 Å². The van der Waals surface area contributed by atoms with Crippen LogP contribution in [0.15, 0.2) is 29.2 Å². The molecule has 126 valence electrons. The lowest BCUT2D eigenvalue weighted by molar-refractivity contribution is -0.0666. The minimum absolute atomic E-state index is 0.00143. The zero-order valence-electron chi connectivity index (χ0n) is 13.7. The smallest absolute Gasteiger partial charge is 0.240 e. The standard InChI is InChI=1S/C18H26N2O2S/c1-12(20-23(21,22)17-4-2-16(19)3-5-17)18-9-13-6-14(10-18)8-15(7-13)11-18/h2-5,12-15,20H,6-11,19H2,1H3. The molecule has 4 fully saturated rings. The molecule has 4 bridgehead atoms. The van der Waals surface area contributed by atoms with Gasteiger partial charge in [0.1, 0.15) is 0 Å². The molecule has 23 heavy (non-hydrogen) atoms. The van der Waals surface area contributed by atoms with Crippen molar-refractivity contribution in [1.82, 2.24) is 4.72 Å². The van der Waals surface area contributed by atoms with Gasteiger partial charge in [0.15, 0.2) is 0 Å². The first kappa shape index (κ1) is 15.5. The van der Waals surface area contributed by atoms with Crippen LogP contribution in [-0.4, -0.2) is 14.5 Å². The van der Waals surface area contributed by atoms with E-state index < -0.39 is 10.0 Å². The monoisotopic (exact) mass is 334 g/mol. The Balaban J connectivity index is 1.55. The van der Waals surface area contributed by atoms with Crippen molar-refractivity contribution in [3.8, 4) is 0 Å². The first-order valence-corrected chi connectivity index (χ1v) is 10.2. The van der Waals surface area contributed by atoms with Crippen molar-refractivity contribution in [2.75, 3.05) is 5.73 Å². The summed E-state index contributed by atoms with van der Waals surface area (Å²) in [6, 6.07) is 6.46. The molecule has 4 saturated carbocycles. The van der Waals surface area contributed by atoms with Gasteiger partial charge in [-0.15, -0.1) is 0 Å². The van der Waals surface area contributed by atoms with Crippen LogP contribution < -0.4 is 10.5 Å². The second-order valence-corrected chi connectivity index (χ2v) is 9.91. The van der Waals surface area contributed by atoms with Crippen LogP contribution in [0.2, 0.25) is 0 Å². The Bertz CT molecular complexity index is 661. The van der Waals surface area contributed by atoms with Crippen molar-refractivity contribution < 1.29 is 8.42 Å². The molecule has 0 saturated heterocycles. The third kappa shape index (κ3) is 2.68. The lowest BCUT2D eigenvalue weighted by Gasteiger charge is -2.59. The maximum atomic E-state index is 12.7. The van der Waals surface area contributed by atoms with Gasteiger partial charge in [0.2, 0.25) is 10.0 Å². The van der Waals surface area contributed by atoms with E-state index in [1.807, 2.05) is 0 Å². The Kier molecular flexibility index (Phi) is 3.50. The van der Waals surface area contributed by atoms with Gasteiger partial charge in [0, 0.05) is 11.7 Å². The number of benzene rings is 1. The van der Waals surface area contributed by atoms with E-state index in [1.54, 1.807) is 24.3 Å². The minimum Gasteiger partial charge on any atom is -0.399 e. The minimum atomic E-state index is -3.48. The summed E-state index contributed by atoms with van der Waals surface area (Å²) in [5, 5.41) is 0. The topological polar surface area (TPSA) is 72.2 Å². The second-order valence-electron chi connectivity index (χ2n) is 8.19. The molecule has 0 aliphatic heterocycles. The van der Waals surface area contributed by atoms with Crippen molar-refractivity contribution in [2.24, 2.45) is 23.2 Å². The van der Waals surface area contributed by atoms with Gasteiger partial charge in [-0.2, -0.15) is 0 Å². The predicted octanol–water partition coefficient (Wildman–Crippen LogP) is 3.15. The van der Waals surface area contributed by atoms with Gasteiger partial charge in [0.25, 0.3) is 0 Å². The fraction of sp³-hybridized carbons (Fsp3) is 0.667. The quantitative estimate of drug-likeness (QED) is 0.831. The molecular weight excluding hydrogens is 308 g/mol. The number of anilines is 1. The van der Waals surface area contributed by atoms with Crippen LogP contribution in [0, 0.1) is 23.2 Å². The van der Waals surface area contributed by atoms with E-state index in [-0.39, 0.29) is 11.5 Å². The van der Waals surface area contributed by atoms with Crippen molar-refractivity contribution >= 4 is 15.7 Å². The summed E-state index contributed by atoms with van der Waals surface area (Å²) in [4.78, 5) is 0.309. The molecule has 0 radical (unpaired) electrons.